The van der Waals surface area contributed by atoms with Crippen molar-refractivity contribution in [1.29, 1.82) is 0 Å². The molecule has 1 saturated heterocycles. The van der Waals surface area contributed by atoms with E-state index in [1.807, 2.05) is 13.0 Å². The number of hydrogen-bond donors (Lipinski definition) is 1. The number of methoxy groups -OCH3 is 1. The maximum atomic E-state index is 9.54. The van der Waals surface area contributed by atoms with Crippen LogP contribution in [0.3, 0.4) is 0 Å². The molecule has 2 atom stereocenters. The van der Waals surface area contributed by atoms with E-state index in [9.17, 15) is 5.11 Å². The molecule has 3 heteroatoms. The Morgan fingerprint density at radius 2 is 2.36 bits per heavy atom. The minimum atomic E-state index is -1.21. The molecule has 11 heavy (non-hydrogen) atoms. The first-order chi connectivity index (χ1) is 5.12. The fraction of sp³-hybridized carbons (Fsp3) is 0.500. The molecule has 0 aromatic rings. The molecule has 2 aliphatic rings. The minimum Gasteiger partial charge on any atom is -0.358 e. The van der Waals surface area contributed by atoms with E-state index in [0.29, 0.717) is 0 Å². The lowest BCUT2D eigenvalue weighted by Gasteiger charge is -2.11. The molecular formula is C8H10O3. The number of aliphatic hydroxyl groups is 1. The molecule has 0 spiro atoms. The smallest absolute Gasteiger partial charge is 0.251 e. The van der Waals surface area contributed by atoms with Gasteiger partial charge < -0.3 is 9.84 Å². The second-order valence-corrected chi connectivity index (χ2v) is 2.89. The lowest BCUT2D eigenvalue weighted by molar-refractivity contribution is 0.0259. The van der Waals surface area contributed by atoms with E-state index in [2.05, 4.69) is 0 Å². The maximum Gasteiger partial charge on any atom is 0.251 e. The third kappa shape index (κ3) is 0.730. The zero-order chi connectivity index (χ0) is 8.11. The van der Waals surface area contributed by atoms with Crippen molar-refractivity contribution in [2.24, 2.45) is 0 Å². The summed E-state index contributed by atoms with van der Waals surface area (Å²) in [6.45, 7) is 1.93. The van der Waals surface area contributed by atoms with Crippen LogP contribution in [0.25, 0.3) is 0 Å². The Labute approximate surface area is 64.9 Å². The highest BCUT2D eigenvalue weighted by Gasteiger charge is 2.69. The van der Waals surface area contributed by atoms with Gasteiger partial charge in [-0.3, -0.25) is 4.74 Å². The molecule has 60 valence electrons. The molecule has 0 saturated carbocycles. The number of epoxide rings is 1. The van der Waals surface area contributed by atoms with Crippen molar-refractivity contribution in [3.63, 3.8) is 0 Å². The molecule has 0 bridgehead atoms. The Morgan fingerprint density at radius 3 is 2.91 bits per heavy atom. The van der Waals surface area contributed by atoms with E-state index in [0.717, 1.165) is 5.57 Å². The molecule has 0 aromatic carbocycles. The van der Waals surface area contributed by atoms with E-state index in [4.69, 9.17) is 9.47 Å². The van der Waals surface area contributed by atoms with Gasteiger partial charge in [-0.05, 0) is 24.6 Å². The van der Waals surface area contributed by atoms with Gasteiger partial charge in [0.1, 0.15) is 0 Å². The van der Waals surface area contributed by atoms with Crippen molar-refractivity contribution in [2.75, 3.05) is 7.11 Å². The fourth-order valence-electron chi connectivity index (χ4n) is 1.33. The molecule has 1 heterocycles. The maximum absolute atomic E-state index is 9.54. The first kappa shape index (κ1) is 7.03. The molecule has 1 aliphatic heterocycles. The molecule has 2 rings (SSSR count). The van der Waals surface area contributed by atoms with Gasteiger partial charge in [0.15, 0.2) is 0 Å². The molecular weight excluding hydrogens is 144 g/mol. The van der Waals surface area contributed by atoms with Crippen LogP contribution in [-0.2, 0) is 9.47 Å². The predicted octanol–water partition coefficient (Wildman–Crippen LogP) is 0.564. The first-order valence-corrected chi connectivity index (χ1v) is 3.48. The summed E-state index contributed by atoms with van der Waals surface area (Å²) in [5, 5.41) is 9.54. The second kappa shape index (κ2) is 1.75. The average Bonchev–Trinajstić information content (AvgIpc) is 2.57. The van der Waals surface area contributed by atoms with Gasteiger partial charge in [-0.15, -0.1) is 0 Å². The van der Waals surface area contributed by atoms with E-state index in [1.54, 1.807) is 12.2 Å². The lowest BCUT2D eigenvalue weighted by Crippen LogP contribution is -2.26. The molecule has 1 N–H and O–H groups in total. The molecule has 3 nitrogen and oxygen atoms in total. The van der Waals surface area contributed by atoms with E-state index < -0.39 is 11.6 Å². The number of hydrogen-bond acceptors (Lipinski definition) is 3. The molecule has 1 fully saturated rings. The SMILES string of the molecule is COC12C=C(C)C=CC1(O)O2. The average molecular weight is 154 g/mol. The minimum absolute atomic E-state index is 0.897. The van der Waals surface area contributed by atoms with Crippen molar-refractivity contribution in [1.82, 2.24) is 0 Å². The van der Waals surface area contributed by atoms with Crippen molar-refractivity contribution in [3.8, 4) is 0 Å². The standard InChI is InChI=1S/C8H10O3/c1-6-3-4-7(9)8(5-6,10-2)11-7/h3-5,9H,1-2H3. The predicted molar refractivity (Wildman–Crippen MR) is 38.7 cm³/mol. The van der Waals surface area contributed by atoms with Gasteiger partial charge in [-0.1, -0.05) is 6.08 Å². The summed E-state index contributed by atoms with van der Waals surface area (Å²) >= 11 is 0. The van der Waals surface area contributed by atoms with Gasteiger partial charge in [-0.2, -0.15) is 0 Å². The summed E-state index contributed by atoms with van der Waals surface area (Å²) in [6.07, 6.45) is 5.18. The summed E-state index contributed by atoms with van der Waals surface area (Å²) in [4.78, 5) is 0. The van der Waals surface area contributed by atoms with E-state index in [-0.39, 0.29) is 0 Å². The van der Waals surface area contributed by atoms with Crippen molar-refractivity contribution < 1.29 is 14.6 Å². The van der Waals surface area contributed by atoms with Crippen LogP contribution in [0.1, 0.15) is 6.92 Å². The highest BCUT2D eigenvalue weighted by molar-refractivity contribution is 5.36. The van der Waals surface area contributed by atoms with Gasteiger partial charge in [0.05, 0.1) is 0 Å². The van der Waals surface area contributed by atoms with Crippen LogP contribution < -0.4 is 0 Å². The third-order valence-corrected chi connectivity index (χ3v) is 2.06. The Balaban J connectivity index is 2.35. The Kier molecular flexibility index (Phi) is 1.12. The number of allylic oxidation sites excluding steroid dienone is 2. The van der Waals surface area contributed by atoms with Gasteiger partial charge in [0.25, 0.3) is 5.79 Å². The monoisotopic (exact) mass is 154 g/mol. The zero-order valence-corrected chi connectivity index (χ0v) is 6.50. The van der Waals surface area contributed by atoms with Gasteiger partial charge in [0, 0.05) is 7.11 Å². The Hall–Kier alpha value is -0.640. The summed E-state index contributed by atoms with van der Waals surface area (Å²) in [7, 11) is 1.51. The Morgan fingerprint density at radius 1 is 1.64 bits per heavy atom. The van der Waals surface area contributed by atoms with Gasteiger partial charge in [-0.25, -0.2) is 0 Å². The number of fused-ring (bicyclic) bond motifs is 1. The van der Waals surface area contributed by atoms with Gasteiger partial charge >= 0.3 is 0 Å². The molecule has 0 amide bonds. The summed E-state index contributed by atoms with van der Waals surface area (Å²) < 4.78 is 10.1. The second-order valence-electron chi connectivity index (χ2n) is 2.89. The van der Waals surface area contributed by atoms with Crippen molar-refractivity contribution in [3.05, 3.63) is 23.8 Å². The van der Waals surface area contributed by atoms with Crippen LogP contribution in [-0.4, -0.2) is 23.8 Å². The molecule has 1 aliphatic carbocycles. The van der Waals surface area contributed by atoms with Crippen LogP contribution in [0, 0.1) is 0 Å². The topological polar surface area (TPSA) is 42.0 Å². The highest BCUT2D eigenvalue weighted by Crippen LogP contribution is 2.51. The first-order valence-electron chi connectivity index (χ1n) is 3.48. The number of ether oxygens (including phenoxy) is 2. The van der Waals surface area contributed by atoms with Crippen LogP contribution in [0.2, 0.25) is 0 Å². The summed E-state index contributed by atoms with van der Waals surface area (Å²) in [6, 6.07) is 0. The molecule has 0 aromatic heterocycles. The normalized spacial score (nSPS) is 46.6. The number of rotatable bonds is 1. The van der Waals surface area contributed by atoms with E-state index in [1.165, 1.54) is 7.11 Å². The largest absolute Gasteiger partial charge is 0.358 e. The Bertz CT molecular complexity index is 256. The highest BCUT2D eigenvalue weighted by atomic mass is 16.9. The van der Waals surface area contributed by atoms with E-state index >= 15 is 0 Å². The van der Waals surface area contributed by atoms with Crippen LogP contribution >= 0.6 is 0 Å². The third-order valence-electron chi connectivity index (χ3n) is 2.06. The van der Waals surface area contributed by atoms with Crippen molar-refractivity contribution in [2.45, 2.75) is 18.5 Å². The van der Waals surface area contributed by atoms with Crippen LogP contribution in [0.15, 0.2) is 23.8 Å². The quantitative estimate of drug-likeness (QED) is 0.561. The van der Waals surface area contributed by atoms with Gasteiger partial charge in [0.2, 0.25) is 5.79 Å². The summed E-state index contributed by atoms with van der Waals surface area (Å²) in [5.74, 6) is -2.10. The molecule has 2 unspecified atom stereocenters. The zero-order valence-electron chi connectivity index (χ0n) is 6.50. The summed E-state index contributed by atoms with van der Waals surface area (Å²) in [5.41, 5.74) is 1.04. The van der Waals surface area contributed by atoms with Crippen molar-refractivity contribution >= 4 is 0 Å². The van der Waals surface area contributed by atoms with Crippen LogP contribution in [0.4, 0.5) is 0 Å². The fourth-order valence-corrected chi connectivity index (χ4v) is 1.33. The van der Waals surface area contributed by atoms with Crippen LogP contribution in [0.5, 0.6) is 0 Å². The lowest BCUT2D eigenvalue weighted by atomic mass is 10.0. The molecule has 0 radical (unpaired) electrons.